The van der Waals surface area contributed by atoms with E-state index in [4.69, 9.17) is 0 Å². The Hall–Kier alpha value is -1.15. The molecule has 1 aliphatic heterocycles. The minimum atomic E-state index is -4.42. The predicted molar refractivity (Wildman–Crippen MR) is 72.7 cm³/mol. The van der Waals surface area contributed by atoms with Gasteiger partial charge in [0.1, 0.15) is 5.82 Å². The van der Waals surface area contributed by atoms with Gasteiger partial charge in [0.15, 0.2) is 0 Å². The summed E-state index contributed by atoms with van der Waals surface area (Å²) >= 11 is 0. The topological polar surface area (TPSA) is 46.0 Å². The van der Waals surface area contributed by atoms with Crippen molar-refractivity contribution in [3.63, 3.8) is 0 Å². The van der Waals surface area contributed by atoms with Gasteiger partial charge in [-0.15, -0.1) is 10.2 Å². The van der Waals surface area contributed by atoms with E-state index in [0.717, 1.165) is 25.8 Å². The zero-order valence-corrected chi connectivity index (χ0v) is 12.4. The van der Waals surface area contributed by atoms with Crippen LogP contribution in [0, 0.1) is 0 Å². The Labute approximate surface area is 122 Å². The minimum absolute atomic E-state index is 0.310. The SMILES string of the molecule is CNC(C)CCCCN1CCn2c(nnc2C(F)(F)F)C1. The van der Waals surface area contributed by atoms with Gasteiger partial charge in [-0.1, -0.05) is 6.42 Å². The molecule has 0 bridgehead atoms. The fraction of sp³-hybridized carbons (Fsp3) is 0.846. The lowest BCUT2D eigenvalue weighted by Crippen LogP contribution is -2.36. The van der Waals surface area contributed by atoms with Crippen molar-refractivity contribution in [2.75, 3.05) is 20.1 Å². The van der Waals surface area contributed by atoms with E-state index >= 15 is 0 Å². The highest BCUT2D eigenvalue weighted by Gasteiger charge is 2.39. The van der Waals surface area contributed by atoms with Crippen LogP contribution in [0.3, 0.4) is 0 Å². The average Bonchev–Trinajstić information content (AvgIpc) is 2.86. The van der Waals surface area contributed by atoms with Gasteiger partial charge < -0.3 is 9.88 Å². The fourth-order valence-electron chi connectivity index (χ4n) is 2.54. The smallest absolute Gasteiger partial charge is 0.317 e. The molecule has 0 aromatic carbocycles. The summed E-state index contributed by atoms with van der Waals surface area (Å²) in [5.74, 6) is -0.461. The summed E-state index contributed by atoms with van der Waals surface area (Å²) in [6.45, 7) is 4.41. The van der Waals surface area contributed by atoms with Gasteiger partial charge in [-0.2, -0.15) is 13.2 Å². The molecule has 0 aliphatic carbocycles. The van der Waals surface area contributed by atoms with Gasteiger partial charge in [0.2, 0.25) is 5.82 Å². The Morgan fingerprint density at radius 3 is 2.67 bits per heavy atom. The second kappa shape index (κ2) is 6.74. The van der Waals surface area contributed by atoms with Crippen LogP contribution in [-0.4, -0.2) is 45.8 Å². The summed E-state index contributed by atoms with van der Waals surface area (Å²) < 4.78 is 39.4. The number of rotatable bonds is 6. The third kappa shape index (κ3) is 4.16. The average molecular weight is 305 g/mol. The van der Waals surface area contributed by atoms with Gasteiger partial charge in [0.25, 0.3) is 0 Å². The number of fused-ring (bicyclic) bond motifs is 1. The number of nitrogens with one attached hydrogen (secondary N) is 1. The summed E-state index contributed by atoms with van der Waals surface area (Å²) in [6.07, 6.45) is -1.15. The van der Waals surface area contributed by atoms with E-state index in [1.165, 1.54) is 4.57 Å². The Morgan fingerprint density at radius 1 is 1.24 bits per heavy atom. The van der Waals surface area contributed by atoms with Crippen molar-refractivity contribution < 1.29 is 13.2 Å². The van der Waals surface area contributed by atoms with Gasteiger partial charge in [0, 0.05) is 19.1 Å². The molecular formula is C13H22F3N5. The zero-order chi connectivity index (χ0) is 15.5. The van der Waals surface area contributed by atoms with Crippen molar-refractivity contribution in [2.24, 2.45) is 0 Å². The molecule has 1 unspecified atom stereocenters. The molecule has 2 rings (SSSR count). The number of alkyl halides is 3. The van der Waals surface area contributed by atoms with Crippen molar-refractivity contribution in [3.05, 3.63) is 11.6 Å². The molecule has 0 fully saturated rings. The maximum Gasteiger partial charge on any atom is 0.451 e. The molecule has 120 valence electrons. The van der Waals surface area contributed by atoms with E-state index in [0.29, 0.717) is 31.5 Å². The van der Waals surface area contributed by atoms with Crippen LogP contribution in [0.25, 0.3) is 0 Å². The highest BCUT2D eigenvalue weighted by molar-refractivity contribution is 5.02. The van der Waals surface area contributed by atoms with Gasteiger partial charge >= 0.3 is 6.18 Å². The molecule has 0 amide bonds. The van der Waals surface area contributed by atoms with E-state index < -0.39 is 12.0 Å². The van der Waals surface area contributed by atoms with E-state index in [-0.39, 0.29) is 0 Å². The summed E-state index contributed by atoms with van der Waals surface area (Å²) in [5.41, 5.74) is 0. The zero-order valence-electron chi connectivity index (χ0n) is 12.4. The van der Waals surface area contributed by atoms with Crippen LogP contribution in [0.5, 0.6) is 0 Å². The van der Waals surface area contributed by atoms with Crippen molar-refractivity contribution in [3.8, 4) is 0 Å². The molecular weight excluding hydrogens is 283 g/mol. The van der Waals surface area contributed by atoms with Crippen LogP contribution in [0.1, 0.15) is 37.8 Å². The van der Waals surface area contributed by atoms with Crippen LogP contribution in [-0.2, 0) is 19.3 Å². The number of halogens is 3. The Balaban J connectivity index is 1.82. The van der Waals surface area contributed by atoms with Crippen LogP contribution < -0.4 is 5.32 Å². The van der Waals surface area contributed by atoms with Gasteiger partial charge in [-0.3, -0.25) is 4.90 Å². The maximum absolute atomic E-state index is 12.7. The second-order valence-corrected chi connectivity index (χ2v) is 5.55. The Kier molecular flexibility index (Phi) is 5.21. The first-order valence-electron chi connectivity index (χ1n) is 7.30. The van der Waals surface area contributed by atoms with Gasteiger partial charge in [-0.25, -0.2) is 0 Å². The molecule has 8 heteroatoms. The first-order chi connectivity index (χ1) is 9.91. The normalized spacial score (nSPS) is 17.8. The number of hydrogen-bond acceptors (Lipinski definition) is 4. The molecule has 2 heterocycles. The lowest BCUT2D eigenvalue weighted by Gasteiger charge is -2.27. The summed E-state index contributed by atoms with van der Waals surface area (Å²) in [7, 11) is 1.94. The van der Waals surface area contributed by atoms with E-state index in [9.17, 15) is 13.2 Å². The van der Waals surface area contributed by atoms with E-state index in [1.54, 1.807) is 0 Å². The van der Waals surface area contributed by atoms with Gasteiger partial charge in [0.05, 0.1) is 6.54 Å². The van der Waals surface area contributed by atoms with Crippen LogP contribution >= 0.6 is 0 Å². The maximum atomic E-state index is 12.7. The lowest BCUT2D eigenvalue weighted by atomic mass is 10.1. The molecule has 1 N–H and O–H groups in total. The number of unbranched alkanes of at least 4 members (excludes halogenated alkanes) is 1. The van der Waals surface area contributed by atoms with Crippen molar-refractivity contribution in [1.82, 2.24) is 25.0 Å². The Bertz CT molecular complexity index is 457. The molecule has 0 saturated heterocycles. The monoisotopic (exact) mass is 305 g/mol. The first kappa shape index (κ1) is 16.2. The number of nitrogens with zero attached hydrogens (tertiary/aromatic N) is 4. The summed E-state index contributed by atoms with van der Waals surface area (Å²) in [4.78, 5) is 2.15. The van der Waals surface area contributed by atoms with Crippen LogP contribution in [0.15, 0.2) is 0 Å². The van der Waals surface area contributed by atoms with Crippen LogP contribution in [0.4, 0.5) is 13.2 Å². The Morgan fingerprint density at radius 2 is 2.00 bits per heavy atom. The molecule has 1 aromatic heterocycles. The molecule has 1 atom stereocenters. The third-order valence-electron chi connectivity index (χ3n) is 3.94. The molecule has 1 aliphatic rings. The molecule has 21 heavy (non-hydrogen) atoms. The van der Waals surface area contributed by atoms with Crippen molar-refractivity contribution in [2.45, 2.75) is 51.5 Å². The first-order valence-corrected chi connectivity index (χ1v) is 7.30. The van der Waals surface area contributed by atoms with Gasteiger partial charge in [-0.05, 0) is 33.4 Å². The minimum Gasteiger partial charge on any atom is -0.317 e. The molecule has 0 saturated carbocycles. The second-order valence-electron chi connectivity index (χ2n) is 5.55. The van der Waals surface area contributed by atoms with E-state index in [1.807, 2.05) is 7.05 Å². The molecule has 1 aromatic rings. The quantitative estimate of drug-likeness (QED) is 0.815. The molecule has 0 spiro atoms. The fourth-order valence-corrected chi connectivity index (χ4v) is 2.54. The summed E-state index contributed by atoms with van der Waals surface area (Å²) in [5, 5.41) is 10.2. The van der Waals surface area contributed by atoms with Crippen molar-refractivity contribution >= 4 is 0 Å². The highest BCUT2D eigenvalue weighted by Crippen LogP contribution is 2.29. The molecule has 0 radical (unpaired) electrons. The number of hydrogen-bond donors (Lipinski definition) is 1. The lowest BCUT2D eigenvalue weighted by molar-refractivity contribution is -0.148. The standard InChI is InChI=1S/C13H22F3N5/c1-10(17-2)5-3-4-6-20-7-8-21-11(9-20)18-19-12(21)13(14,15)16/h10,17H,3-9H2,1-2H3. The van der Waals surface area contributed by atoms with Crippen LogP contribution in [0.2, 0.25) is 0 Å². The number of aromatic nitrogens is 3. The van der Waals surface area contributed by atoms with E-state index in [2.05, 4.69) is 27.3 Å². The van der Waals surface area contributed by atoms with Crippen molar-refractivity contribution in [1.29, 1.82) is 0 Å². The predicted octanol–water partition coefficient (Wildman–Crippen LogP) is 1.89. The summed E-state index contributed by atoms with van der Waals surface area (Å²) in [6, 6.07) is 0.504. The largest absolute Gasteiger partial charge is 0.451 e. The molecule has 5 nitrogen and oxygen atoms in total. The highest BCUT2D eigenvalue weighted by atomic mass is 19.4. The third-order valence-corrected chi connectivity index (χ3v) is 3.94.